The molecule has 1 unspecified atom stereocenters. The highest BCUT2D eigenvalue weighted by molar-refractivity contribution is 5.47. The average Bonchev–Trinajstić information content (AvgIpc) is 2.41. The van der Waals surface area contributed by atoms with E-state index in [1.165, 1.54) is 6.07 Å². The first-order chi connectivity index (χ1) is 9.36. The highest BCUT2D eigenvalue weighted by atomic mass is 19.1. The largest absolute Gasteiger partial charge is 0.496 e. The molecule has 3 heteroatoms. The van der Waals surface area contributed by atoms with Crippen molar-refractivity contribution < 1.29 is 9.13 Å². The Bertz CT molecular complexity index is 635. The van der Waals surface area contributed by atoms with Crippen LogP contribution in [0.4, 0.5) is 4.39 Å². The maximum absolute atomic E-state index is 13.8. The second-order valence-electron chi connectivity index (χ2n) is 5.37. The van der Waals surface area contributed by atoms with Crippen LogP contribution in [0, 0.1) is 19.7 Å². The Balaban J connectivity index is 2.59. The summed E-state index contributed by atoms with van der Waals surface area (Å²) in [4.78, 5) is 0. The molecule has 0 saturated heterocycles. The summed E-state index contributed by atoms with van der Waals surface area (Å²) in [6.45, 7) is 5.60. The quantitative estimate of drug-likeness (QED) is 0.926. The van der Waals surface area contributed by atoms with Gasteiger partial charge < -0.3 is 10.5 Å². The third-order valence-corrected chi connectivity index (χ3v) is 3.69. The molecule has 2 nitrogen and oxygen atoms in total. The zero-order chi connectivity index (χ0) is 14.9. The molecule has 1 atom stereocenters. The van der Waals surface area contributed by atoms with Crippen molar-refractivity contribution in [3.8, 4) is 5.75 Å². The van der Waals surface area contributed by atoms with Gasteiger partial charge in [-0.25, -0.2) is 4.39 Å². The number of nitrogens with two attached hydrogens (primary N) is 1. The van der Waals surface area contributed by atoms with Crippen LogP contribution in [0.2, 0.25) is 0 Å². The van der Waals surface area contributed by atoms with Gasteiger partial charge in [0.2, 0.25) is 0 Å². The lowest BCUT2D eigenvalue weighted by Crippen LogP contribution is -2.35. The average molecular weight is 273 g/mol. The predicted molar refractivity (Wildman–Crippen MR) is 79.5 cm³/mol. The zero-order valence-corrected chi connectivity index (χ0v) is 12.3. The number of rotatable bonds is 3. The van der Waals surface area contributed by atoms with Gasteiger partial charge in [-0.05, 0) is 44.0 Å². The van der Waals surface area contributed by atoms with Crippen molar-refractivity contribution in [2.45, 2.75) is 26.3 Å². The summed E-state index contributed by atoms with van der Waals surface area (Å²) in [6.07, 6.45) is 0. The first-order valence-electron chi connectivity index (χ1n) is 6.57. The molecule has 0 bridgehead atoms. The van der Waals surface area contributed by atoms with Gasteiger partial charge in [-0.2, -0.15) is 0 Å². The van der Waals surface area contributed by atoms with E-state index < -0.39 is 5.54 Å². The fourth-order valence-electron chi connectivity index (χ4n) is 2.30. The number of ether oxygens (including phenoxy) is 1. The standard InChI is InChI=1S/C17H20FNO/c1-11-5-8-16(20-4)14(9-11)17(3,19)13-7-6-12(2)15(18)10-13/h5-10H,19H2,1-4H3. The number of benzene rings is 2. The van der Waals surface area contributed by atoms with E-state index in [4.69, 9.17) is 10.5 Å². The SMILES string of the molecule is COc1ccc(C)cc1C(C)(N)c1ccc(C)c(F)c1. The molecule has 0 heterocycles. The molecule has 0 aliphatic rings. The molecule has 0 aromatic heterocycles. The van der Waals surface area contributed by atoms with Crippen molar-refractivity contribution in [1.82, 2.24) is 0 Å². The lowest BCUT2D eigenvalue weighted by atomic mass is 9.84. The van der Waals surface area contributed by atoms with Crippen LogP contribution in [0.3, 0.4) is 0 Å². The Kier molecular flexibility index (Phi) is 3.82. The summed E-state index contributed by atoms with van der Waals surface area (Å²) in [5, 5.41) is 0. The summed E-state index contributed by atoms with van der Waals surface area (Å²) in [5.41, 5.74) is 8.94. The van der Waals surface area contributed by atoms with Crippen LogP contribution in [0.15, 0.2) is 36.4 Å². The van der Waals surface area contributed by atoms with Crippen molar-refractivity contribution in [2.75, 3.05) is 7.11 Å². The van der Waals surface area contributed by atoms with Crippen molar-refractivity contribution >= 4 is 0 Å². The summed E-state index contributed by atoms with van der Waals surface area (Å²) in [5.74, 6) is 0.465. The maximum atomic E-state index is 13.8. The van der Waals surface area contributed by atoms with Gasteiger partial charge in [0.25, 0.3) is 0 Å². The van der Waals surface area contributed by atoms with Gasteiger partial charge >= 0.3 is 0 Å². The van der Waals surface area contributed by atoms with Gasteiger partial charge in [0.15, 0.2) is 0 Å². The molecular formula is C17H20FNO. The molecule has 0 saturated carbocycles. The second kappa shape index (κ2) is 5.25. The van der Waals surface area contributed by atoms with Crippen LogP contribution >= 0.6 is 0 Å². The Morgan fingerprint density at radius 1 is 1.10 bits per heavy atom. The fraction of sp³-hybridized carbons (Fsp3) is 0.294. The smallest absolute Gasteiger partial charge is 0.126 e. The zero-order valence-electron chi connectivity index (χ0n) is 12.3. The molecule has 106 valence electrons. The maximum Gasteiger partial charge on any atom is 0.126 e. The van der Waals surface area contributed by atoms with Gasteiger partial charge in [0.1, 0.15) is 11.6 Å². The Hall–Kier alpha value is -1.87. The summed E-state index contributed by atoms with van der Waals surface area (Å²) >= 11 is 0. The van der Waals surface area contributed by atoms with Crippen LogP contribution in [0.25, 0.3) is 0 Å². The van der Waals surface area contributed by atoms with Gasteiger partial charge in [0, 0.05) is 5.56 Å². The van der Waals surface area contributed by atoms with E-state index in [-0.39, 0.29) is 5.82 Å². The van der Waals surface area contributed by atoms with Crippen molar-refractivity contribution in [3.63, 3.8) is 0 Å². The van der Waals surface area contributed by atoms with Crippen LogP contribution in [-0.2, 0) is 5.54 Å². The molecule has 0 fully saturated rings. The van der Waals surface area contributed by atoms with E-state index in [0.717, 1.165) is 16.7 Å². The van der Waals surface area contributed by atoms with E-state index in [9.17, 15) is 4.39 Å². The van der Waals surface area contributed by atoms with Crippen LogP contribution in [-0.4, -0.2) is 7.11 Å². The van der Waals surface area contributed by atoms with Crippen LogP contribution in [0.1, 0.15) is 29.2 Å². The Morgan fingerprint density at radius 3 is 2.40 bits per heavy atom. The lowest BCUT2D eigenvalue weighted by molar-refractivity contribution is 0.398. The van der Waals surface area contributed by atoms with Crippen molar-refractivity contribution in [2.24, 2.45) is 5.73 Å². The van der Waals surface area contributed by atoms with Crippen molar-refractivity contribution in [1.29, 1.82) is 0 Å². The van der Waals surface area contributed by atoms with E-state index in [0.29, 0.717) is 11.3 Å². The predicted octanol–water partition coefficient (Wildman–Crippen LogP) is 3.67. The van der Waals surface area contributed by atoms with E-state index in [1.807, 2.05) is 38.1 Å². The number of halogens is 1. The highest BCUT2D eigenvalue weighted by Gasteiger charge is 2.28. The molecule has 2 rings (SSSR count). The molecule has 2 N–H and O–H groups in total. The summed E-state index contributed by atoms with van der Waals surface area (Å²) < 4.78 is 19.2. The normalized spacial score (nSPS) is 13.9. The van der Waals surface area contributed by atoms with Gasteiger partial charge in [0.05, 0.1) is 12.6 Å². The van der Waals surface area contributed by atoms with Gasteiger partial charge in [-0.3, -0.25) is 0 Å². The van der Waals surface area contributed by atoms with Gasteiger partial charge in [-0.15, -0.1) is 0 Å². The lowest BCUT2D eigenvalue weighted by Gasteiger charge is -2.28. The van der Waals surface area contributed by atoms with E-state index in [2.05, 4.69) is 0 Å². The third-order valence-electron chi connectivity index (χ3n) is 3.69. The van der Waals surface area contributed by atoms with Gasteiger partial charge in [-0.1, -0.05) is 29.8 Å². The summed E-state index contributed by atoms with van der Waals surface area (Å²) in [6, 6.07) is 10.9. The topological polar surface area (TPSA) is 35.2 Å². The highest BCUT2D eigenvalue weighted by Crippen LogP contribution is 2.34. The molecule has 2 aromatic rings. The minimum absolute atomic E-state index is 0.245. The number of hydrogen-bond donors (Lipinski definition) is 1. The molecular weight excluding hydrogens is 253 g/mol. The number of methoxy groups -OCH3 is 1. The van der Waals surface area contributed by atoms with E-state index >= 15 is 0 Å². The molecule has 2 aromatic carbocycles. The Labute approximate surface area is 119 Å². The Morgan fingerprint density at radius 2 is 1.80 bits per heavy atom. The minimum Gasteiger partial charge on any atom is -0.496 e. The molecule has 0 spiro atoms. The molecule has 0 aliphatic heterocycles. The third kappa shape index (κ3) is 2.54. The molecule has 0 radical (unpaired) electrons. The van der Waals surface area contributed by atoms with Crippen molar-refractivity contribution in [3.05, 3.63) is 64.5 Å². The minimum atomic E-state index is -0.814. The number of aryl methyl sites for hydroxylation is 2. The van der Waals surface area contributed by atoms with Crippen LogP contribution in [0.5, 0.6) is 5.75 Å². The first kappa shape index (κ1) is 14.5. The monoisotopic (exact) mass is 273 g/mol. The molecule has 0 aliphatic carbocycles. The first-order valence-corrected chi connectivity index (χ1v) is 6.57. The number of hydrogen-bond acceptors (Lipinski definition) is 2. The summed E-state index contributed by atoms with van der Waals surface area (Å²) in [7, 11) is 1.61. The second-order valence-corrected chi connectivity index (χ2v) is 5.37. The fourth-order valence-corrected chi connectivity index (χ4v) is 2.30. The van der Waals surface area contributed by atoms with Crippen LogP contribution < -0.4 is 10.5 Å². The molecule has 20 heavy (non-hydrogen) atoms. The van der Waals surface area contributed by atoms with E-state index in [1.54, 1.807) is 20.1 Å². The molecule has 0 amide bonds.